The predicted octanol–water partition coefficient (Wildman–Crippen LogP) is 4.04. The Balaban J connectivity index is 1.94. The first-order valence-electron chi connectivity index (χ1n) is 7.60. The number of rotatable bonds is 5. The summed E-state index contributed by atoms with van der Waals surface area (Å²) in [5, 5.41) is 3.03. The van der Waals surface area contributed by atoms with Crippen LogP contribution in [0.5, 0.6) is 0 Å². The number of aromatic nitrogens is 1. The summed E-state index contributed by atoms with van der Waals surface area (Å²) >= 11 is 5.73. The van der Waals surface area contributed by atoms with Crippen molar-refractivity contribution in [3.8, 4) is 0 Å². The Bertz CT molecular complexity index is 712. The Morgan fingerprint density at radius 2 is 1.75 bits per heavy atom. The molecule has 24 heavy (non-hydrogen) atoms. The Morgan fingerprint density at radius 3 is 2.29 bits per heavy atom. The van der Waals surface area contributed by atoms with Crippen LogP contribution in [0.3, 0.4) is 0 Å². The second kappa shape index (κ2) is 7.93. The SMILES string of the molecule is CC(C)c1ccc(C(=O)O[C@@H](C)C(=O)Nc2ccc(Cl)cn2)cc1. The molecule has 2 rings (SSSR count). The number of ether oxygens (including phenoxy) is 1. The van der Waals surface area contributed by atoms with E-state index in [0.717, 1.165) is 5.56 Å². The van der Waals surface area contributed by atoms with Gasteiger partial charge in [-0.3, -0.25) is 4.79 Å². The fourth-order valence-corrected chi connectivity index (χ4v) is 2.08. The molecule has 0 aliphatic heterocycles. The molecule has 1 aromatic carbocycles. The molecular weight excluding hydrogens is 328 g/mol. The fraction of sp³-hybridized carbons (Fsp3) is 0.278. The minimum absolute atomic E-state index is 0.341. The maximum atomic E-state index is 12.1. The van der Waals surface area contributed by atoms with Crippen LogP contribution in [0, 0.1) is 0 Å². The lowest BCUT2D eigenvalue weighted by Crippen LogP contribution is -2.30. The molecule has 126 valence electrons. The van der Waals surface area contributed by atoms with E-state index in [9.17, 15) is 9.59 Å². The number of hydrogen-bond donors (Lipinski definition) is 1. The molecule has 1 aromatic heterocycles. The average molecular weight is 347 g/mol. The van der Waals surface area contributed by atoms with Crippen LogP contribution in [0.2, 0.25) is 5.02 Å². The van der Waals surface area contributed by atoms with E-state index in [1.165, 1.54) is 13.1 Å². The van der Waals surface area contributed by atoms with Crippen molar-refractivity contribution in [1.82, 2.24) is 4.98 Å². The molecule has 1 heterocycles. The Labute approximate surface area is 146 Å². The average Bonchev–Trinajstić information content (AvgIpc) is 2.56. The number of benzene rings is 1. The van der Waals surface area contributed by atoms with Crippen molar-refractivity contribution in [3.63, 3.8) is 0 Å². The van der Waals surface area contributed by atoms with Crippen LogP contribution in [0.1, 0.15) is 42.6 Å². The van der Waals surface area contributed by atoms with E-state index in [4.69, 9.17) is 16.3 Å². The highest BCUT2D eigenvalue weighted by atomic mass is 35.5. The van der Waals surface area contributed by atoms with Gasteiger partial charge in [-0.25, -0.2) is 9.78 Å². The number of carbonyl (C=O) groups excluding carboxylic acids is 2. The predicted molar refractivity (Wildman–Crippen MR) is 93.3 cm³/mol. The zero-order valence-electron chi connectivity index (χ0n) is 13.7. The van der Waals surface area contributed by atoms with E-state index in [1.54, 1.807) is 24.3 Å². The van der Waals surface area contributed by atoms with Crippen molar-refractivity contribution < 1.29 is 14.3 Å². The summed E-state index contributed by atoms with van der Waals surface area (Å²) in [7, 11) is 0. The summed E-state index contributed by atoms with van der Waals surface area (Å²) in [6, 6.07) is 10.3. The maximum absolute atomic E-state index is 12.1. The van der Waals surface area contributed by atoms with Gasteiger partial charge in [-0.2, -0.15) is 0 Å². The normalized spacial score (nSPS) is 11.9. The zero-order valence-corrected chi connectivity index (χ0v) is 14.5. The zero-order chi connectivity index (χ0) is 17.7. The van der Waals surface area contributed by atoms with E-state index < -0.39 is 18.0 Å². The van der Waals surface area contributed by atoms with Crippen molar-refractivity contribution in [3.05, 3.63) is 58.7 Å². The van der Waals surface area contributed by atoms with Crippen LogP contribution in [0.4, 0.5) is 5.82 Å². The molecule has 0 aliphatic rings. The van der Waals surface area contributed by atoms with Gasteiger partial charge in [0, 0.05) is 6.20 Å². The molecule has 0 spiro atoms. The Hall–Kier alpha value is -2.40. The molecule has 6 heteroatoms. The van der Waals surface area contributed by atoms with Crippen LogP contribution >= 0.6 is 11.6 Å². The van der Waals surface area contributed by atoms with Gasteiger partial charge in [0.25, 0.3) is 5.91 Å². The second-order valence-electron chi connectivity index (χ2n) is 5.68. The molecule has 0 unspecified atom stereocenters. The summed E-state index contributed by atoms with van der Waals surface area (Å²) < 4.78 is 5.19. The van der Waals surface area contributed by atoms with Crippen molar-refractivity contribution in [2.24, 2.45) is 0 Å². The minimum Gasteiger partial charge on any atom is -0.449 e. The monoisotopic (exact) mass is 346 g/mol. The summed E-state index contributed by atoms with van der Waals surface area (Å²) in [5.41, 5.74) is 1.54. The smallest absolute Gasteiger partial charge is 0.338 e. The number of carbonyl (C=O) groups is 2. The van der Waals surface area contributed by atoms with Gasteiger partial charge in [0.05, 0.1) is 10.6 Å². The van der Waals surface area contributed by atoms with Crippen molar-refractivity contribution in [2.75, 3.05) is 5.32 Å². The van der Waals surface area contributed by atoms with Crippen LogP contribution in [0.25, 0.3) is 0 Å². The number of nitrogens with zero attached hydrogens (tertiary/aromatic N) is 1. The molecule has 1 amide bonds. The Morgan fingerprint density at radius 1 is 1.08 bits per heavy atom. The summed E-state index contributed by atoms with van der Waals surface area (Å²) in [6.07, 6.45) is 0.476. The summed E-state index contributed by atoms with van der Waals surface area (Å²) in [4.78, 5) is 28.1. The molecule has 0 saturated carbocycles. The highest BCUT2D eigenvalue weighted by Crippen LogP contribution is 2.16. The first-order chi connectivity index (χ1) is 11.4. The number of esters is 1. The highest BCUT2D eigenvalue weighted by Gasteiger charge is 2.19. The minimum atomic E-state index is -0.945. The molecule has 0 bridgehead atoms. The lowest BCUT2D eigenvalue weighted by Gasteiger charge is -2.13. The third-order valence-corrected chi connectivity index (χ3v) is 3.67. The number of halogens is 1. The van der Waals surface area contributed by atoms with E-state index in [1.807, 2.05) is 12.1 Å². The summed E-state index contributed by atoms with van der Waals surface area (Å²) in [6.45, 7) is 5.65. The van der Waals surface area contributed by atoms with Crippen molar-refractivity contribution >= 4 is 29.3 Å². The number of anilines is 1. The standard InChI is InChI=1S/C18H19ClN2O3/c1-11(2)13-4-6-14(7-5-13)18(23)24-12(3)17(22)21-16-9-8-15(19)10-20-16/h4-12H,1-3H3,(H,20,21,22)/t12-/m0/s1. The lowest BCUT2D eigenvalue weighted by molar-refractivity contribution is -0.123. The van der Waals surface area contributed by atoms with E-state index in [-0.39, 0.29) is 0 Å². The molecule has 0 saturated heterocycles. The topological polar surface area (TPSA) is 68.3 Å². The molecular formula is C18H19ClN2O3. The third kappa shape index (κ3) is 4.80. The number of hydrogen-bond acceptors (Lipinski definition) is 4. The van der Waals surface area contributed by atoms with Gasteiger partial charge in [0.2, 0.25) is 0 Å². The lowest BCUT2D eigenvalue weighted by atomic mass is 10.0. The van der Waals surface area contributed by atoms with Gasteiger partial charge in [-0.05, 0) is 42.7 Å². The molecule has 1 N–H and O–H groups in total. The number of pyridine rings is 1. The second-order valence-corrected chi connectivity index (χ2v) is 6.11. The molecule has 2 aromatic rings. The van der Waals surface area contributed by atoms with Crippen molar-refractivity contribution in [1.29, 1.82) is 0 Å². The van der Waals surface area contributed by atoms with Gasteiger partial charge >= 0.3 is 5.97 Å². The first kappa shape index (κ1) is 17.9. The number of nitrogens with one attached hydrogen (secondary N) is 1. The first-order valence-corrected chi connectivity index (χ1v) is 7.98. The van der Waals surface area contributed by atoms with E-state index in [0.29, 0.717) is 22.3 Å². The molecule has 1 atom stereocenters. The molecule has 0 aliphatic carbocycles. The van der Waals surface area contributed by atoms with Crippen LogP contribution in [-0.4, -0.2) is 23.0 Å². The molecule has 0 radical (unpaired) electrons. The van der Waals surface area contributed by atoms with Gasteiger partial charge < -0.3 is 10.1 Å². The largest absolute Gasteiger partial charge is 0.449 e. The Kier molecular flexibility index (Phi) is 5.93. The highest BCUT2D eigenvalue weighted by molar-refractivity contribution is 6.30. The van der Waals surface area contributed by atoms with E-state index in [2.05, 4.69) is 24.1 Å². The van der Waals surface area contributed by atoms with Gasteiger partial charge in [-0.1, -0.05) is 37.6 Å². The van der Waals surface area contributed by atoms with Gasteiger partial charge in [0.15, 0.2) is 6.10 Å². The van der Waals surface area contributed by atoms with Crippen LogP contribution < -0.4 is 5.32 Å². The third-order valence-electron chi connectivity index (χ3n) is 3.44. The maximum Gasteiger partial charge on any atom is 0.338 e. The van der Waals surface area contributed by atoms with Gasteiger partial charge in [0.1, 0.15) is 5.82 Å². The molecule has 5 nitrogen and oxygen atoms in total. The number of amides is 1. The van der Waals surface area contributed by atoms with Crippen LogP contribution in [-0.2, 0) is 9.53 Å². The fourth-order valence-electron chi connectivity index (χ4n) is 1.96. The van der Waals surface area contributed by atoms with Crippen molar-refractivity contribution in [2.45, 2.75) is 32.8 Å². The molecule has 0 fully saturated rings. The van der Waals surface area contributed by atoms with Gasteiger partial charge in [-0.15, -0.1) is 0 Å². The summed E-state index contributed by atoms with van der Waals surface area (Å²) in [5.74, 6) is -0.283. The van der Waals surface area contributed by atoms with Crippen LogP contribution in [0.15, 0.2) is 42.6 Å². The van der Waals surface area contributed by atoms with E-state index >= 15 is 0 Å². The quantitative estimate of drug-likeness (QED) is 0.829.